The first kappa shape index (κ1) is 10.8. The third kappa shape index (κ3) is 1.64. The lowest BCUT2D eigenvalue weighted by molar-refractivity contribution is 0.629. The minimum atomic E-state index is -0.313. The first-order valence-corrected chi connectivity index (χ1v) is 5.70. The molecule has 0 unspecified atom stereocenters. The summed E-state index contributed by atoms with van der Waals surface area (Å²) in [6.45, 7) is 1.95. The van der Waals surface area contributed by atoms with Crippen LogP contribution in [0.2, 0.25) is 0 Å². The van der Waals surface area contributed by atoms with Crippen LogP contribution in [0.25, 0.3) is 21.9 Å². The highest BCUT2D eigenvalue weighted by atomic mass is 19.1. The fourth-order valence-corrected chi connectivity index (χ4v) is 1.91. The summed E-state index contributed by atoms with van der Waals surface area (Å²) in [6.07, 6.45) is 0.684. The van der Waals surface area contributed by atoms with Crippen LogP contribution in [0.15, 0.2) is 24.3 Å². The predicted molar refractivity (Wildman–Crippen MR) is 68.6 cm³/mol. The van der Waals surface area contributed by atoms with Crippen molar-refractivity contribution in [1.29, 1.82) is 0 Å². The maximum Gasteiger partial charge on any atom is 0.165 e. The molecule has 0 aliphatic heterocycles. The van der Waals surface area contributed by atoms with Gasteiger partial charge in [-0.3, -0.25) is 0 Å². The molecule has 0 atom stereocenters. The molecule has 0 saturated carbocycles. The van der Waals surface area contributed by atoms with Crippen molar-refractivity contribution in [2.24, 2.45) is 0 Å². The Morgan fingerprint density at radius 1 is 1.17 bits per heavy atom. The van der Waals surface area contributed by atoms with E-state index in [1.807, 2.05) is 13.0 Å². The lowest BCUT2D eigenvalue weighted by Gasteiger charge is -2.05. The van der Waals surface area contributed by atoms with Crippen molar-refractivity contribution in [3.63, 3.8) is 0 Å². The smallest absolute Gasteiger partial charge is 0.165 e. The number of halogens is 1. The van der Waals surface area contributed by atoms with Crippen molar-refractivity contribution < 1.29 is 4.39 Å². The Morgan fingerprint density at radius 3 is 2.78 bits per heavy atom. The third-order valence-electron chi connectivity index (χ3n) is 2.84. The summed E-state index contributed by atoms with van der Waals surface area (Å²) in [5.41, 5.74) is 6.97. The second-order valence-corrected chi connectivity index (χ2v) is 4.08. The first-order chi connectivity index (χ1) is 8.67. The highest BCUT2D eigenvalue weighted by Gasteiger charge is 2.07. The van der Waals surface area contributed by atoms with E-state index in [2.05, 4.69) is 15.0 Å². The standard InChI is InChI=1S/C13H11FN4/c1-2-11-17-12(15)9-5-7-3-4-8(14)6-10(7)16-13(9)18-11/h3-6H,2H2,1H3,(H2,15,16,17,18). The molecule has 3 aromatic rings. The molecule has 0 saturated heterocycles. The van der Waals surface area contributed by atoms with Gasteiger partial charge < -0.3 is 5.73 Å². The summed E-state index contributed by atoms with van der Waals surface area (Å²) in [6, 6.07) is 6.29. The van der Waals surface area contributed by atoms with Crippen molar-refractivity contribution in [1.82, 2.24) is 15.0 Å². The lowest BCUT2D eigenvalue weighted by atomic mass is 10.2. The number of hydrogen-bond acceptors (Lipinski definition) is 4. The maximum absolute atomic E-state index is 13.2. The topological polar surface area (TPSA) is 64.7 Å². The Bertz CT molecular complexity index is 755. The number of nitrogen functional groups attached to an aromatic ring is 1. The van der Waals surface area contributed by atoms with Crippen LogP contribution < -0.4 is 5.73 Å². The van der Waals surface area contributed by atoms with Gasteiger partial charge >= 0.3 is 0 Å². The van der Waals surface area contributed by atoms with Gasteiger partial charge in [0, 0.05) is 17.9 Å². The maximum atomic E-state index is 13.2. The minimum Gasteiger partial charge on any atom is -0.383 e. The number of aryl methyl sites for hydroxylation is 1. The lowest BCUT2D eigenvalue weighted by Crippen LogP contribution is -2.01. The fourth-order valence-electron chi connectivity index (χ4n) is 1.91. The van der Waals surface area contributed by atoms with E-state index in [9.17, 15) is 4.39 Å². The first-order valence-electron chi connectivity index (χ1n) is 5.70. The highest BCUT2D eigenvalue weighted by Crippen LogP contribution is 2.22. The normalized spacial score (nSPS) is 11.2. The molecule has 18 heavy (non-hydrogen) atoms. The molecular weight excluding hydrogens is 231 g/mol. The van der Waals surface area contributed by atoms with Gasteiger partial charge in [0.25, 0.3) is 0 Å². The van der Waals surface area contributed by atoms with Gasteiger partial charge in [0.05, 0.1) is 10.9 Å². The molecular formula is C13H11FN4. The third-order valence-corrected chi connectivity index (χ3v) is 2.84. The zero-order valence-corrected chi connectivity index (χ0v) is 9.81. The van der Waals surface area contributed by atoms with E-state index < -0.39 is 0 Å². The number of rotatable bonds is 1. The van der Waals surface area contributed by atoms with Crippen LogP contribution in [0, 0.1) is 5.82 Å². The van der Waals surface area contributed by atoms with Crippen molar-refractivity contribution in [3.8, 4) is 0 Å². The largest absolute Gasteiger partial charge is 0.383 e. The summed E-state index contributed by atoms with van der Waals surface area (Å²) in [4.78, 5) is 12.8. The van der Waals surface area contributed by atoms with Crippen LogP contribution in [0.5, 0.6) is 0 Å². The van der Waals surface area contributed by atoms with Gasteiger partial charge in [-0.05, 0) is 18.2 Å². The average molecular weight is 242 g/mol. The number of aromatic nitrogens is 3. The summed E-state index contributed by atoms with van der Waals surface area (Å²) >= 11 is 0. The molecule has 0 radical (unpaired) electrons. The van der Waals surface area contributed by atoms with Gasteiger partial charge in [0.1, 0.15) is 17.5 Å². The zero-order valence-electron chi connectivity index (χ0n) is 9.81. The summed E-state index contributed by atoms with van der Waals surface area (Å²) in [5, 5.41) is 1.52. The van der Waals surface area contributed by atoms with Gasteiger partial charge in [0.15, 0.2) is 5.65 Å². The second-order valence-electron chi connectivity index (χ2n) is 4.08. The minimum absolute atomic E-state index is 0.313. The van der Waals surface area contributed by atoms with E-state index in [0.717, 1.165) is 5.39 Å². The molecule has 0 bridgehead atoms. The molecule has 0 aliphatic rings. The average Bonchev–Trinajstić information content (AvgIpc) is 2.36. The van der Waals surface area contributed by atoms with Crippen molar-refractivity contribution in [2.75, 3.05) is 5.73 Å². The fraction of sp³-hybridized carbons (Fsp3) is 0.154. The summed E-state index contributed by atoms with van der Waals surface area (Å²) in [7, 11) is 0. The molecule has 0 aliphatic carbocycles. The van der Waals surface area contributed by atoms with Gasteiger partial charge in [-0.1, -0.05) is 6.92 Å². The molecule has 2 heterocycles. The molecule has 90 valence electrons. The van der Waals surface area contributed by atoms with Crippen molar-refractivity contribution >= 4 is 27.8 Å². The van der Waals surface area contributed by atoms with Crippen LogP contribution in [0.4, 0.5) is 10.2 Å². The quantitative estimate of drug-likeness (QED) is 0.666. The SMILES string of the molecule is CCc1nc(N)c2cc3ccc(F)cc3nc2n1. The summed E-state index contributed by atoms with van der Waals surface area (Å²) in [5.74, 6) is 0.742. The molecule has 2 N–H and O–H groups in total. The number of nitrogens with two attached hydrogens (primary N) is 1. The molecule has 2 aromatic heterocycles. The Morgan fingerprint density at radius 2 is 2.00 bits per heavy atom. The number of hydrogen-bond donors (Lipinski definition) is 1. The van der Waals surface area contributed by atoms with Crippen LogP contribution >= 0.6 is 0 Å². The van der Waals surface area contributed by atoms with E-state index >= 15 is 0 Å². The van der Waals surface area contributed by atoms with Gasteiger partial charge in [-0.25, -0.2) is 19.3 Å². The van der Waals surface area contributed by atoms with Crippen molar-refractivity contribution in [3.05, 3.63) is 35.9 Å². The van der Waals surface area contributed by atoms with Gasteiger partial charge in [-0.15, -0.1) is 0 Å². The molecule has 3 rings (SSSR count). The van der Waals surface area contributed by atoms with E-state index in [4.69, 9.17) is 5.73 Å². The van der Waals surface area contributed by atoms with Gasteiger partial charge in [0.2, 0.25) is 0 Å². The van der Waals surface area contributed by atoms with Crippen LogP contribution in [0.3, 0.4) is 0 Å². The highest BCUT2D eigenvalue weighted by molar-refractivity contribution is 5.95. The van der Waals surface area contributed by atoms with Crippen molar-refractivity contribution in [2.45, 2.75) is 13.3 Å². The van der Waals surface area contributed by atoms with E-state index in [1.54, 1.807) is 6.07 Å². The van der Waals surface area contributed by atoms with Crippen LogP contribution in [-0.2, 0) is 6.42 Å². The van der Waals surface area contributed by atoms with Gasteiger partial charge in [-0.2, -0.15) is 0 Å². The van der Waals surface area contributed by atoms with Crippen LogP contribution in [0.1, 0.15) is 12.7 Å². The molecule has 0 amide bonds. The number of anilines is 1. The molecule has 1 aromatic carbocycles. The number of nitrogens with zero attached hydrogens (tertiary/aromatic N) is 3. The Labute approximate surface area is 103 Å². The van der Waals surface area contributed by atoms with E-state index in [1.165, 1.54) is 12.1 Å². The molecule has 4 nitrogen and oxygen atoms in total. The Balaban J connectivity index is 2.41. The summed E-state index contributed by atoms with van der Waals surface area (Å²) < 4.78 is 13.2. The molecule has 5 heteroatoms. The monoisotopic (exact) mass is 242 g/mol. The Kier molecular flexibility index (Phi) is 2.33. The number of benzene rings is 1. The van der Waals surface area contributed by atoms with E-state index in [0.29, 0.717) is 34.6 Å². The molecule has 0 fully saturated rings. The second kappa shape index (κ2) is 3.87. The van der Waals surface area contributed by atoms with Crippen LogP contribution in [-0.4, -0.2) is 15.0 Å². The number of pyridine rings is 1. The predicted octanol–water partition coefficient (Wildman–Crippen LogP) is 2.46. The Hall–Kier alpha value is -2.30. The zero-order chi connectivity index (χ0) is 12.7. The molecule has 0 spiro atoms. The number of fused-ring (bicyclic) bond motifs is 2. The van der Waals surface area contributed by atoms with E-state index in [-0.39, 0.29) is 5.82 Å².